The number of aromatic nitrogens is 2. The van der Waals surface area contributed by atoms with Gasteiger partial charge in [0.2, 0.25) is 0 Å². The van der Waals surface area contributed by atoms with E-state index in [1.807, 2.05) is 96.4 Å². The molecule has 5 rings (SSSR count). The zero-order valence-electron chi connectivity index (χ0n) is 20.7. The Hall–Kier alpha value is -4.64. The van der Waals surface area contributed by atoms with Crippen molar-refractivity contribution in [3.05, 3.63) is 133 Å². The fraction of sp³-hybridized carbons (Fsp3) is 0.125. The van der Waals surface area contributed by atoms with E-state index in [0.29, 0.717) is 5.69 Å². The molecule has 5 heteroatoms. The maximum atomic E-state index is 13.1. The predicted octanol–water partition coefficient (Wildman–Crippen LogP) is 7.08. The lowest BCUT2D eigenvalue weighted by Crippen LogP contribution is -2.34. The molecular formula is C32H29N3O2. The highest BCUT2D eigenvalue weighted by Gasteiger charge is 2.16. The van der Waals surface area contributed by atoms with Crippen LogP contribution >= 0.6 is 0 Å². The number of para-hydroxylation sites is 1. The molecule has 0 aliphatic heterocycles. The van der Waals surface area contributed by atoms with Crippen LogP contribution in [-0.4, -0.2) is 21.5 Å². The number of aryl methyl sites for hydroxylation is 1. The summed E-state index contributed by atoms with van der Waals surface area (Å²) in [5, 5.41) is 3.12. The van der Waals surface area contributed by atoms with Gasteiger partial charge in [0.05, 0.1) is 12.5 Å². The molecule has 184 valence electrons. The number of benzene rings is 4. The molecule has 0 spiro atoms. The number of nitrogens with one attached hydrogen (secondary N) is 1. The van der Waals surface area contributed by atoms with Crippen molar-refractivity contribution in [2.75, 3.05) is 0 Å². The number of rotatable bonds is 9. The van der Waals surface area contributed by atoms with E-state index >= 15 is 0 Å². The molecule has 5 nitrogen and oxygen atoms in total. The zero-order valence-corrected chi connectivity index (χ0v) is 20.7. The molecule has 5 aromatic rings. The van der Waals surface area contributed by atoms with Crippen LogP contribution in [-0.2, 0) is 6.42 Å². The van der Waals surface area contributed by atoms with Gasteiger partial charge in [-0.1, -0.05) is 72.8 Å². The molecule has 1 unspecified atom stereocenters. The number of hydrogen-bond donors (Lipinski definition) is 1. The number of carbonyl (C=O) groups is 1. The van der Waals surface area contributed by atoms with Crippen LogP contribution in [0.15, 0.2) is 122 Å². The first-order chi connectivity index (χ1) is 18.2. The first kappa shape index (κ1) is 24.1. The lowest BCUT2D eigenvalue weighted by atomic mass is 10.0. The molecule has 0 aliphatic rings. The quantitative estimate of drug-likeness (QED) is 0.242. The number of ether oxygens (including phenoxy) is 1. The summed E-state index contributed by atoms with van der Waals surface area (Å²) in [4.78, 5) is 17.3. The van der Waals surface area contributed by atoms with Crippen molar-refractivity contribution in [2.45, 2.75) is 25.8 Å². The third kappa shape index (κ3) is 6.14. The highest BCUT2D eigenvalue weighted by atomic mass is 16.5. The van der Waals surface area contributed by atoms with Crippen LogP contribution in [0.5, 0.6) is 11.5 Å². The first-order valence-corrected chi connectivity index (χ1v) is 12.5. The summed E-state index contributed by atoms with van der Waals surface area (Å²) >= 11 is 0. The second kappa shape index (κ2) is 11.4. The Labute approximate surface area is 217 Å². The Kier molecular flexibility index (Phi) is 7.42. The average Bonchev–Trinajstić information content (AvgIpc) is 3.44. The highest BCUT2D eigenvalue weighted by Crippen LogP contribution is 2.27. The van der Waals surface area contributed by atoms with Crippen LogP contribution in [0, 0.1) is 0 Å². The summed E-state index contributed by atoms with van der Waals surface area (Å²) in [5.41, 5.74) is 4.75. The third-order valence-electron chi connectivity index (χ3n) is 6.25. The van der Waals surface area contributed by atoms with Gasteiger partial charge in [-0.25, -0.2) is 4.98 Å². The molecule has 1 aromatic heterocycles. The van der Waals surface area contributed by atoms with Gasteiger partial charge in [-0.15, -0.1) is 0 Å². The number of imidazole rings is 1. The fourth-order valence-corrected chi connectivity index (χ4v) is 4.24. The molecule has 4 aromatic carbocycles. The molecule has 0 bridgehead atoms. The summed E-state index contributed by atoms with van der Waals surface area (Å²) < 4.78 is 7.74. The molecule has 1 N–H and O–H groups in total. The van der Waals surface area contributed by atoms with E-state index in [-0.39, 0.29) is 11.9 Å². The molecule has 1 atom stereocenters. The molecule has 0 saturated carbocycles. The van der Waals surface area contributed by atoms with Crippen LogP contribution in [0.25, 0.3) is 16.8 Å². The lowest BCUT2D eigenvalue weighted by molar-refractivity contribution is 0.0931. The minimum atomic E-state index is -0.133. The summed E-state index contributed by atoms with van der Waals surface area (Å²) in [6, 6.07) is 36.2. The van der Waals surface area contributed by atoms with Gasteiger partial charge in [0, 0.05) is 11.7 Å². The van der Waals surface area contributed by atoms with E-state index in [4.69, 9.17) is 4.74 Å². The van der Waals surface area contributed by atoms with E-state index in [9.17, 15) is 4.79 Å². The smallest absolute Gasteiger partial charge is 0.270 e. The third-order valence-corrected chi connectivity index (χ3v) is 6.25. The van der Waals surface area contributed by atoms with Crippen LogP contribution in [0.4, 0.5) is 0 Å². The molecular weight excluding hydrogens is 458 g/mol. The number of carbonyl (C=O) groups excluding carboxylic acids is 1. The van der Waals surface area contributed by atoms with Gasteiger partial charge in [-0.2, -0.15) is 0 Å². The normalized spacial score (nSPS) is 11.6. The van der Waals surface area contributed by atoms with Crippen LogP contribution in [0.2, 0.25) is 0 Å². The lowest BCUT2D eigenvalue weighted by Gasteiger charge is -2.15. The Morgan fingerprint density at radius 1 is 0.838 bits per heavy atom. The molecule has 37 heavy (non-hydrogen) atoms. The van der Waals surface area contributed by atoms with E-state index < -0.39 is 0 Å². The molecule has 1 heterocycles. The topological polar surface area (TPSA) is 56.2 Å². The summed E-state index contributed by atoms with van der Waals surface area (Å²) in [6.45, 7) is 2.04. The van der Waals surface area contributed by atoms with E-state index in [1.165, 1.54) is 5.56 Å². The minimum absolute atomic E-state index is 0.0407. The summed E-state index contributed by atoms with van der Waals surface area (Å²) in [5.74, 6) is 1.45. The maximum absolute atomic E-state index is 13.1. The highest BCUT2D eigenvalue weighted by molar-refractivity contribution is 5.93. The van der Waals surface area contributed by atoms with Gasteiger partial charge in [-0.3, -0.25) is 9.36 Å². The Bertz CT molecular complexity index is 1440. The van der Waals surface area contributed by atoms with Crippen LogP contribution in [0.1, 0.15) is 29.4 Å². The SMILES string of the molecule is CC(CCc1ccccc1)NC(=O)c1cncn1-c1cccc(-c2ccc(Oc3ccccc3)cc2)c1. The Morgan fingerprint density at radius 3 is 2.30 bits per heavy atom. The monoisotopic (exact) mass is 487 g/mol. The van der Waals surface area contributed by atoms with Gasteiger partial charge in [0.1, 0.15) is 17.2 Å². The van der Waals surface area contributed by atoms with Crippen molar-refractivity contribution in [3.8, 4) is 28.3 Å². The van der Waals surface area contributed by atoms with Gasteiger partial charge in [0.15, 0.2) is 0 Å². The molecule has 0 radical (unpaired) electrons. The summed E-state index contributed by atoms with van der Waals surface area (Å²) in [7, 11) is 0. The largest absolute Gasteiger partial charge is 0.457 e. The van der Waals surface area contributed by atoms with E-state index in [1.54, 1.807) is 12.5 Å². The van der Waals surface area contributed by atoms with Crippen molar-refractivity contribution >= 4 is 5.91 Å². The number of hydrogen-bond acceptors (Lipinski definition) is 3. The Balaban J connectivity index is 1.27. The van der Waals surface area contributed by atoms with Crippen LogP contribution in [0.3, 0.4) is 0 Å². The van der Waals surface area contributed by atoms with E-state index in [2.05, 4.69) is 34.6 Å². The summed E-state index contributed by atoms with van der Waals surface area (Å²) in [6.07, 6.45) is 5.07. The second-order valence-corrected chi connectivity index (χ2v) is 9.04. The van der Waals surface area contributed by atoms with Gasteiger partial charge < -0.3 is 10.1 Å². The maximum Gasteiger partial charge on any atom is 0.270 e. The van der Waals surface area contributed by atoms with Gasteiger partial charge in [-0.05, 0) is 72.9 Å². The zero-order chi connectivity index (χ0) is 25.5. The fourth-order valence-electron chi connectivity index (χ4n) is 4.24. The van der Waals surface area contributed by atoms with Gasteiger partial charge >= 0.3 is 0 Å². The van der Waals surface area contributed by atoms with Crippen molar-refractivity contribution in [1.29, 1.82) is 0 Å². The Morgan fingerprint density at radius 2 is 1.54 bits per heavy atom. The number of amides is 1. The van der Waals surface area contributed by atoms with Crippen LogP contribution < -0.4 is 10.1 Å². The number of nitrogens with zero attached hydrogens (tertiary/aromatic N) is 2. The molecule has 0 fully saturated rings. The standard InChI is InChI=1S/C32H29N3O2/c1-24(15-16-25-9-4-2-5-10-25)34-32(36)31-22-33-23-35(31)28-12-8-11-27(21-28)26-17-19-30(20-18-26)37-29-13-6-3-7-14-29/h2-14,17-24H,15-16H2,1H3,(H,34,36). The first-order valence-electron chi connectivity index (χ1n) is 12.5. The van der Waals surface area contributed by atoms with Crippen molar-refractivity contribution in [1.82, 2.24) is 14.9 Å². The van der Waals surface area contributed by atoms with Gasteiger partial charge in [0.25, 0.3) is 5.91 Å². The molecule has 0 saturated heterocycles. The molecule has 1 amide bonds. The average molecular weight is 488 g/mol. The predicted molar refractivity (Wildman–Crippen MR) is 147 cm³/mol. The van der Waals surface area contributed by atoms with E-state index in [0.717, 1.165) is 41.2 Å². The molecule has 0 aliphatic carbocycles. The second-order valence-electron chi connectivity index (χ2n) is 9.04. The van der Waals surface area contributed by atoms with Crippen molar-refractivity contribution < 1.29 is 9.53 Å². The van der Waals surface area contributed by atoms with Crippen molar-refractivity contribution in [2.24, 2.45) is 0 Å². The van der Waals surface area contributed by atoms with Crippen molar-refractivity contribution in [3.63, 3.8) is 0 Å². The minimum Gasteiger partial charge on any atom is -0.457 e.